The average Bonchev–Trinajstić information content (AvgIpc) is 3.02. The summed E-state index contributed by atoms with van der Waals surface area (Å²) in [5.74, 6) is 0.490. The highest BCUT2D eigenvalue weighted by Crippen LogP contribution is 2.29. The fourth-order valence-corrected chi connectivity index (χ4v) is 5.26. The fourth-order valence-electron chi connectivity index (χ4n) is 5.26. The van der Waals surface area contributed by atoms with Crippen molar-refractivity contribution in [2.24, 2.45) is 0 Å². The minimum absolute atomic E-state index is 0.0224. The number of likely N-dealkylation sites (tertiary alicyclic amines) is 1. The van der Waals surface area contributed by atoms with Crippen molar-refractivity contribution in [2.75, 3.05) is 61.9 Å². The quantitative estimate of drug-likeness (QED) is 0.434. The molecular formula is C32H37N5O4. The summed E-state index contributed by atoms with van der Waals surface area (Å²) in [4.78, 5) is 45.4. The van der Waals surface area contributed by atoms with Gasteiger partial charge >= 0.3 is 6.03 Å². The second kappa shape index (κ2) is 12.8. The van der Waals surface area contributed by atoms with Crippen molar-refractivity contribution >= 4 is 34.9 Å². The van der Waals surface area contributed by atoms with E-state index in [-0.39, 0.29) is 17.8 Å². The maximum absolute atomic E-state index is 13.7. The van der Waals surface area contributed by atoms with Crippen molar-refractivity contribution < 1.29 is 19.1 Å². The van der Waals surface area contributed by atoms with Gasteiger partial charge in [0.05, 0.1) is 12.7 Å². The maximum Gasteiger partial charge on any atom is 0.321 e. The second-order valence-corrected chi connectivity index (χ2v) is 10.5. The lowest BCUT2D eigenvalue weighted by molar-refractivity contribution is 0.0724. The van der Waals surface area contributed by atoms with Gasteiger partial charge in [0.1, 0.15) is 5.75 Å². The number of methoxy groups -OCH3 is 1. The Kier molecular flexibility index (Phi) is 8.72. The van der Waals surface area contributed by atoms with Crippen LogP contribution >= 0.6 is 0 Å². The van der Waals surface area contributed by atoms with Crippen LogP contribution in [0.5, 0.6) is 5.75 Å². The molecule has 9 heteroatoms. The number of aryl methyl sites for hydroxylation is 1. The Morgan fingerprint density at radius 3 is 2.02 bits per heavy atom. The molecule has 0 radical (unpaired) electrons. The molecule has 2 fully saturated rings. The van der Waals surface area contributed by atoms with Crippen molar-refractivity contribution in [3.63, 3.8) is 0 Å². The van der Waals surface area contributed by atoms with Crippen LogP contribution in [0.2, 0.25) is 0 Å². The van der Waals surface area contributed by atoms with Crippen LogP contribution in [0.4, 0.5) is 21.9 Å². The molecule has 0 atom stereocenters. The number of hydrogen-bond acceptors (Lipinski definition) is 5. The Labute approximate surface area is 241 Å². The van der Waals surface area contributed by atoms with Gasteiger partial charge in [0, 0.05) is 61.9 Å². The first-order chi connectivity index (χ1) is 19.9. The molecular weight excluding hydrogens is 518 g/mol. The van der Waals surface area contributed by atoms with Gasteiger partial charge < -0.3 is 30.1 Å². The number of amides is 4. The molecule has 2 aliphatic heterocycles. The van der Waals surface area contributed by atoms with Gasteiger partial charge in [0.15, 0.2) is 0 Å². The van der Waals surface area contributed by atoms with E-state index in [4.69, 9.17) is 4.74 Å². The van der Waals surface area contributed by atoms with E-state index in [9.17, 15) is 14.4 Å². The van der Waals surface area contributed by atoms with Crippen molar-refractivity contribution in [1.29, 1.82) is 0 Å². The number of anilines is 3. The third-order valence-electron chi connectivity index (χ3n) is 7.69. The first-order valence-corrected chi connectivity index (χ1v) is 14.2. The maximum atomic E-state index is 13.7. The molecule has 3 aromatic rings. The molecule has 2 saturated heterocycles. The van der Waals surface area contributed by atoms with E-state index in [0.29, 0.717) is 48.7 Å². The Balaban J connectivity index is 1.30. The van der Waals surface area contributed by atoms with Crippen LogP contribution < -0.4 is 20.3 Å². The van der Waals surface area contributed by atoms with Crippen LogP contribution in [0.3, 0.4) is 0 Å². The summed E-state index contributed by atoms with van der Waals surface area (Å²) in [6, 6.07) is 20.0. The normalized spacial score (nSPS) is 15.3. The number of urea groups is 1. The highest BCUT2D eigenvalue weighted by atomic mass is 16.5. The Morgan fingerprint density at radius 2 is 1.37 bits per heavy atom. The molecule has 0 aliphatic carbocycles. The third kappa shape index (κ3) is 6.80. The Bertz CT molecular complexity index is 1380. The summed E-state index contributed by atoms with van der Waals surface area (Å²) < 4.78 is 5.18. The highest BCUT2D eigenvalue weighted by Gasteiger charge is 2.27. The monoisotopic (exact) mass is 555 g/mol. The number of piperazine rings is 1. The predicted octanol–water partition coefficient (Wildman–Crippen LogP) is 5.24. The van der Waals surface area contributed by atoms with Gasteiger partial charge in [-0.1, -0.05) is 17.7 Å². The molecule has 2 N–H and O–H groups in total. The SMILES string of the molecule is COc1ccc(NC(=O)N2CCN(c3ccc(NC(=O)c4ccc(C)cc4)cc3C(=O)N3CCCCC3)CC2)cc1. The van der Waals surface area contributed by atoms with Gasteiger partial charge in [-0.05, 0) is 80.8 Å². The number of carbonyl (C=O) groups is 3. The zero-order chi connectivity index (χ0) is 28.8. The molecule has 9 nitrogen and oxygen atoms in total. The van der Waals surface area contributed by atoms with Crippen LogP contribution in [-0.4, -0.2) is 74.0 Å². The summed E-state index contributed by atoms with van der Waals surface area (Å²) in [7, 11) is 1.60. The fraction of sp³-hybridized carbons (Fsp3) is 0.344. The number of piperidine rings is 1. The number of benzene rings is 3. The van der Waals surface area contributed by atoms with Crippen molar-refractivity contribution in [1.82, 2.24) is 9.80 Å². The standard InChI is InChI=1S/C32H37N5O4/c1-23-6-8-24(9-7-23)30(38)33-26-12-15-29(28(22-26)31(39)36-16-4-3-5-17-36)35-18-20-37(21-19-35)32(40)34-25-10-13-27(41-2)14-11-25/h6-15,22H,3-5,16-21H2,1-2H3,(H,33,38)(H,34,40). The highest BCUT2D eigenvalue weighted by molar-refractivity contribution is 6.06. The summed E-state index contributed by atoms with van der Waals surface area (Å²) in [6.07, 6.45) is 3.11. The number of nitrogens with one attached hydrogen (secondary N) is 2. The largest absolute Gasteiger partial charge is 0.497 e. The minimum atomic E-state index is -0.217. The second-order valence-electron chi connectivity index (χ2n) is 10.5. The molecule has 0 aromatic heterocycles. The molecule has 0 saturated carbocycles. The summed E-state index contributed by atoms with van der Waals surface area (Å²) in [6.45, 7) is 5.66. The van der Waals surface area contributed by atoms with E-state index in [2.05, 4.69) is 15.5 Å². The van der Waals surface area contributed by atoms with E-state index < -0.39 is 0 Å². The lowest BCUT2D eigenvalue weighted by Crippen LogP contribution is -2.50. The first kappa shape index (κ1) is 28.0. The molecule has 2 aliphatic rings. The van der Waals surface area contributed by atoms with E-state index in [1.165, 1.54) is 0 Å². The summed E-state index contributed by atoms with van der Waals surface area (Å²) in [5, 5.41) is 5.91. The molecule has 214 valence electrons. The molecule has 2 heterocycles. The van der Waals surface area contributed by atoms with Gasteiger partial charge in [-0.2, -0.15) is 0 Å². The lowest BCUT2D eigenvalue weighted by Gasteiger charge is -2.37. The lowest BCUT2D eigenvalue weighted by atomic mass is 10.0. The predicted molar refractivity (Wildman–Crippen MR) is 161 cm³/mol. The first-order valence-electron chi connectivity index (χ1n) is 14.2. The van der Waals surface area contributed by atoms with Crippen LogP contribution in [0.25, 0.3) is 0 Å². The molecule has 3 aromatic carbocycles. The Morgan fingerprint density at radius 1 is 0.707 bits per heavy atom. The molecule has 4 amide bonds. The number of ether oxygens (including phenoxy) is 1. The van der Waals surface area contributed by atoms with Gasteiger partial charge in [-0.15, -0.1) is 0 Å². The number of hydrogen-bond donors (Lipinski definition) is 2. The van der Waals surface area contributed by atoms with E-state index in [1.54, 1.807) is 42.3 Å². The van der Waals surface area contributed by atoms with E-state index in [1.807, 2.05) is 48.2 Å². The zero-order valence-electron chi connectivity index (χ0n) is 23.7. The zero-order valence-corrected chi connectivity index (χ0v) is 23.7. The summed E-state index contributed by atoms with van der Waals surface area (Å²) >= 11 is 0. The van der Waals surface area contributed by atoms with Crippen molar-refractivity contribution in [3.05, 3.63) is 83.4 Å². The van der Waals surface area contributed by atoms with Crippen LogP contribution in [0, 0.1) is 6.92 Å². The molecule has 0 unspecified atom stereocenters. The third-order valence-corrected chi connectivity index (χ3v) is 7.69. The molecule has 41 heavy (non-hydrogen) atoms. The molecule has 0 bridgehead atoms. The number of nitrogens with zero attached hydrogens (tertiary/aromatic N) is 3. The van der Waals surface area contributed by atoms with Crippen LogP contribution in [0.15, 0.2) is 66.7 Å². The minimum Gasteiger partial charge on any atom is -0.497 e. The van der Waals surface area contributed by atoms with E-state index in [0.717, 1.165) is 49.4 Å². The topological polar surface area (TPSA) is 94.2 Å². The van der Waals surface area contributed by atoms with Crippen LogP contribution in [-0.2, 0) is 0 Å². The average molecular weight is 556 g/mol. The van der Waals surface area contributed by atoms with E-state index >= 15 is 0 Å². The van der Waals surface area contributed by atoms with Gasteiger partial charge in [0.2, 0.25) is 0 Å². The number of carbonyl (C=O) groups excluding carboxylic acids is 3. The van der Waals surface area contributed by atoms with Gasteiger partial charge in [0.25, 0.3) is 11.8 Å². The van der Waals surface area contributed by atoms with Crippen molar-refractivity contribution in [2.45, 2.75) is 26.2 Å². The molecule has 0 spiro atoms. The van der Waals surface area contributed by atoms with Gasteiger partial charge in [-0.3, -0.25) is 9.59 Å². The van der Waals surface area contributed by atoms with Crippen molar-refractivity contribution in [3.8, 4) is 5.75 Å². The van der Waals surface area contributed by atoms with Crippen LogP contribution in [0.1, 0.15) is 45.5 Å². The summed E-state index contributed by atoms with van der Waals surface area (Å²) in [5.41, 5.74) is 4.33. The Hall–Kier alpha value is -4.53. The smallest absolute Gasteiger partial charge is 0.321 e. The van der Waals surface area contributed by atoms with Gasteiger partial charge in [-0.25, -0.2) is 4.79 Å². The molecule has 5 rings (SSSR count). The number of rotatable bonds is 6.